The van der Waals surface area contributed by atoms with Crippen LogP contribution in [-0.2, 0) is 0 Å². The van der Waals surface area contributed by atoms with Crippen LogP contribution in [0.3, 0.4) is 0 Å². The van der Waals surface area contributed by atoms with Crippen molar-refractivity contribution in [2.45, 2.75) is 40.2 Å². The Bertz CT molecular complexity index is 395. The molecule has 2 nitrogen and oxygen atoms in total. The number of likely N-dealkylation sites (tertiary alicyclic amines) is 1. The number of aryl methyl sites for hydroxylation is 2. The minimum absolute atomic E-state index is 0.418. The lowest BCUT2D eigenvalue weighted by molar-refractivity contribution is 0.223. The van der Waals surface area contributed by atoms with E-state index in [-0.39, 0.29) is 0 Å². The maximum absolute atomic E-state index is 6.01. The van der Waals surface area contributed by atoms with Crippen LogP contribution in [-0.4, -0.2) is 24.5 Å². The lowest BCUT2D eigenvalue weighted by Gasteiger charge is -2.28. The Balaban J connectivity index is 2.20. The molecule has 1 fully saturated rings. The molecule has 0 saturated carbocycles. The Hall–Kier alpha value is -0.380. The van der Waals surface area contributed by atoms with E-state index in [0.717, 1.165) is 6.54 Å². The van der Waals surface area contributed by atoms with Crippen LogP contribution in [0.1, 0.15) is 41.6 Å². The largest absolute Gasteiger partial charge is 0.329 e. The van der Waals surface area contributed by atoms with Crippen LogP contribution in [0.4, 0.5) is 0 Å². The molecule has 2 rings (SSSR count). The van der Waals surface area contributed by atoms with Crippen molar-refractivity contribution in [1.82, 2.24) is 4.90 Å². The fraction of sp³-hybridized carbons (Fsp3) is 0.714. The van der Waals surface area contributed by atoms with Gasteiger partial charge in [0.25, 0.3) is 0 Å². The number of hydrogen-bond acceptors (Lipinski definition) is 3. The molecule has 2 N–H and O–H groups in total. The molecule has 2 heterocycles. The van der Waals surface area contributed by atoms with Gasteiger partial charge in [-0.2, -0.15) is 0 Å². The second-order valence-corrected chi connectivity index (χ2v) is 7.47. The Morgan fingerprint density at radius 2 is 2.18 bits per heavy atom. The summed E-state index contributed by atoms with van der Waals surface area (Å²) in [6.45, 7) is 12.2. The summed E-state index contributed by atoms with van der Waals surface area (Å²) in [5.41, 5.74) is 7.92. The normalized spacial score (nSPS) is 21.9. The minimum Gasteiger partial charge on any atom is -0.329 e. The number of thiophene rings is 1. The van der Waals surface area contributed by atoms with Gasteiger partial charge >= 0.3 is 0 Å². The molecule has 0 bridgehead atoms. The molecule has 0 radical (unpaired) electrons. The molecule has 0 aromatic carbocycles. The summed E-state index contributed by atoms with van der Waals surface area (Å²) in [5, 5.41) is 0. The predicted octanol–water partition coefficient (Wildman–Crippen LogP) is 3.10. The van der Waals surface area contributed by atoms with Gasteiger partial charge in [-0.25, -0.2) is 0 Å². The summed E-state index contributed by atoms with van der Waals surface area (Å²) in [7, 11) is 0. The Morgan fingerprint density at radius 3 is 2.59 bits per heavy atom. The Labute approximate surface area is 109 Å². The molecule has 0 spiro atoms. The fourth-order valence-corrected chi connectivity index (χ4v) is 3.86. The van der Waals surface area contributed by atoms with E-state index in [4.69, 9.17) is 5.73 Å². The van der Waals surface area contributed by atoms with Crippen LogP contribution >= 0.6 is 11.3 Å². The van der Waals surface area contributed by atoms with E-state index in [1.807, 2.05) is 11.3 Å². The van der Waals surface area contributed by atoms with Gasteiger partial charge in [-0.05, 0) is 43.9 Å². The Morgan fingerprint density at radius 1 is 1.47 bits per heavy atom. The molecule has 1 atom stereocenters. The lowest BCUT2D eigenvalue weighted by atomic mass is 9.93. The summed E-state index contributed by atoms with van der Waals surface area (Å²) in [4.78, 5) is 5.39. The second-order valence-electron chi connectivity index (χ2n) is 6.00. The van der Waals surface area contributed by atoms with Gasteiger partial charge in [-0.15, -0.1) is 11.3 Å². The summed E-state index contributed by atoms with van der Waals surface area (Å²) in [5.74, 6) is 0. The van der Waals surface area contributed by atoms with Gasteiger partial charge in [-0.3, -0.25) is 4.90 Å². The van der Waals surface area contributed by atoms with Crippen molar-refractivity contribution < 1.29 is 0 Å². The van der Waals surface area contributed by atoms with E-state index in [2.05, 4.69) is 38.7 Å². The van der Waals surface area contributed by atoms with Gasteiger partial charge in [0.1, 0.15) is 0 Å². The van der Waals surface area contributed by atoms with Crippen LogP contribution in [0.25, 0.3) is 0 Å². The van der Waals surface area contributed by atoms with Crippen molar-refractivity contribution >= 4 is 11.3 Å². The zero-order valence-corrected chi connectivity index (χ0v) is 12.2. The first-order chi connectivity index (χ1) is 7.93. The molecule has 96 valence electrons. The van der Waals surface area contributed by atoms with E-state index in [1.165, 1.54) is 34.8 Å². The van der Waals surface area contributed by atoms with Gasteiger partial charge in [0.2, 0.25) is 0 Å². The van der Waals surface area contributed by atoms with Crippen LogP contribution in [0.5, 0.6) is 0 Å². The van der Waals surface area contributed by atoms with E-state index in [0.29, 0.717) is 11.5 Å². The quantitative estimate of drug-likeness (QED) is 0.895. The molecule has 3 heteroatoms. The first-order valence-electron chi connectivity index (χ1n) is 6.44. The highest BCUT2D eigenvalue weighted by atomic mass is 32.1. The van der Waals surface area contributed by atoms with Crippen molar-refractivity contribution in [3.63, 3.8) is 0 Å². The number of nitrogens with two attached hydrogens (primary N) is 1. The zero-order valence-electron chi connectivity index (χ0n) is 11.4. The third-order valence-corrected chi connectivity index (χ3v) is 4.79. The van der Waals surface area contributed by atoms with E-state index in [9.17, 15) is 0 Å². The highest BCUT2D eigenvalue weighted by molar-refractivity contribution is 7.12. The minimum atomic E-state index is 0.418. The standard InChI is InChI=1S/C14H24N2S/c1-10-7-12(11(2)17-10)13(8-15)16-6-5-14(3,4)9-16/h7,13H,5-6,8-9,15H2,1-4H3. The third-order valence-electron chi connectivity index (χ3n) is 3.81. The van der Waals surface area contributed by atoms with Crippen molar-refractivity contribution in [1.29, 1.82) is 0 Å². The molecule has 17 heavy (non-hydrogen) atoms. The first kappa shape index (κ1) is 13.1. The average Bonchev–Trinajstić information content (AvgIpc) is 2.72. The molecule has 1 aromatic rings. The molecule has 0 amide bonds. The molecule has 1 saturated heterocycles. The van der Waals surface area contributed by atoms with Gasteiger partial charge in [0.05, 0.1) is 0 Å². The van der Waals surface area contributed by atoms with E-state index < -0.39 is 0 Å². The maximum Gasteiger partial charge on any atom is 0.0481 e. The summed E-state index contributed by atoms with van der Waals surface area (Å²) >= 11 is 1.89. The molecular weight excluding hydrogens is 228 g/mol. The van der Waals surface area contributed by atoms with Crippen molar-refractivity contribution in [3.05, 3.63) is 21.4 Å². The summed E-state index contributed by atoms with van der Waals surface area (Å²) < 4.78 is 0. The summed E-state index contributed by atoms with van der Waals surface area (Å²) in [6, 6.07) is 2.74. The smallest absolute Gasteiger partial charge is 0.0481 e. The highest BCUT2D eigenvalue weighted by Gasteiger charge is 2.34. The van der Waals surface area contributed by atoms with Crippen molar-refractivity contribution in [3.8, 4) is 0 Å². The zero-order chi connectivity index (χ0) is 12.6. The summed E-state index contributed by atoms with van der Waals surface area (Å²) in [6.07, 6.45) is 1.28. The van der Waals surface area contributed by atoms with Crippen LogP contribution in [0.15, 0.2) is 6.07 Å². The molecule has 0 aliphatic carbocycles. The van der Waals surface area contributed by atoms with E-state index >= 15 is 0 Å². The maximum atomic E-state index is 6.01. The molecule has 1 aliphatic rings. The topological polar surface area (TPSA) is 29.3 Å². The second kappa shape index (κ2) is 4.71. The van der Waals surface area contributed by atoms with Crippen molar-refractivity contribution in [2.24, 2.45) is 11.1 Å². The van der Waals surface area contributed by atoms with Crippen molar-refractivity contribution in [2.75, 3.05) is 19.6 Å². The van der Waals surface area contributed by atoms with Crippen LogP contribution < -0.4 is 5.73 Å². The SMILES string of the molecule is Cc1cc(C(CN)N2CCC(C)(C)C2)c(C)s1. The highest BCUT2D eigenvalue weighted by Crippen LogP contribution is 2.36. The molecule has 1 unspecified atom stereocenters. The molecule has 1 aromatic heterocycles. The van der Waals surface area contributed by atoms with E-state index in [1.54, 1.807) is 0 Å². The third kappa shape index (κ3) is 2.72. The first-order valence-corrected chi connectivity index (χ1v) is 7.26. The van der Waals surface area contributed by atoms with Crippen LogP contribution in [0, 0.1) is 19.3 Å². The van der Waals surface area contributed by atoms with Gasteiger partial charge in [-0.1, -0.05) is 13.8 Å². The predicted molar refractivity (Wildman–Crippen MR) is 75.6 cm³/mol. The Kier molecular flexibility index (Phi) is 3.62. The molecule has 1 aliphatic heterocycles. The van der Waals surface area contributed by atoms with Gasteiger partial charge in [0.15, 0.2) is 0 Å². The monoisotopic (exact) mass is 252 g/mol. The number of hydrogen-bond donors (Lipinski definition) is 1. The number of nitrogens with zero attached hydrogens (tertiary/aromatic N) is 1. The van der Waals surface area contributed by atoms with Gasteiger partial charge in [0, 0.05) is 28.9 Å². The lowest BCUT2D eigenvalue weighted by Crippen LogP contribution is -2.33. The van der Waals surface area contributed by atoms with Gasteiger partial charge < -0.3 is 5.73 Å². The number of rotatable bonds is 3. The van der Waals surface area contributed by atoms with Crippen LogP contribution in [0.2, 0.25) is 0 Å². The fourth-order valence-electron chi connectivity index (χ4n) is 2.87. The average molecular weight is 252 g/mol. The molecular formula is C14H24N2S.